The van der Waals surface area contributed by atoms with E-state index in [1.165, 1.54) is 5.56 Å². The number of hydrogen-bond acceptors (Lipinski definition) is 3. The standard InChI is InChI=1S/C14H24N2O/c1-4-8-17-14-9-13(10-15-11-14)6-5-7-16-12(2)3/h9-12,16H,4-8H2,1-3H3. The lowest BCUT2D eigenvalue weighted by Crippen LogP contribution is -2.23. The second-order valence-corrected chi connectivity index (χ2v) is 4.59. The van der Waals surface area contributed by atoms with Gasteiger partial charge in [0.1, 0.15) is 5.75 Å². The molecule has 1 heterocycles. The second-order valence-electron chi connectivity index (χ2n) is 4.59. The van der Waals surface area contributed by atoms with Crippen molar-refractivity contribution in [2.75, 3.05) is 13.2 Å². The molecule has 1 aromatic rings. The van der Waals surface area contributed by atoms with Crippen LogP contribution in [0.1, 0.15) is 39.2 Å². The van der Waals surface area contributed by atoms with E-state index in [1.807, 2.05) is 6.20 Å². The maximum absolute atomic E-state index is 5.56. The number of nitrogens with one attached hydrogen (secondary N) is 1. The van der Waals surface area contributed by atoms with Crippen LogP contribution < -0.4 is 10.1 Å². The third kappa shape index (κ3) is 6.27. The Bertz CT molecular complexity index is 313. The Morgan fingerprint density at radius 3 is 2.88 bits per heavy atom. The first kappa shape index (κ1) is 14.0. The van der Waals surface area contributed by atoms with Gasteiger partial charge in [0.05, 0.1) is 12.8 Å². The fraction of sp³-hybridized carbons (Fsp3) is 0.643. The minimum Gasteiger partial charge on any atom is -0.492 e. The third-order valence-electron chi connectivity index (χ3n) is 2.44. The van der Waals surface area contributed by atoms with Gasteiger partial charge in [-0.25, -0.2) is 0 Å². The monoisotopic (exact) mass is 236 g/mol. The molecule has 0 aliphatic carbocycles. The van der Waals surface area contributed by atoms with Gasteiger partial charge in [0.2, 0.25) is 0 Å². The number of nitrogens with zero attached hydrogens (tertiary/aromatic N) is 1. The van der Waals surface area contributed by atoms with Gasteiger partial charge >= 0.3 is 0 Å². The zero-order chi connectivity index (χ0) is 12.5. The van der Waals surface area contributed by atoms with Gasteiger partial charge in [0, 0.05) is 12.2 Å². The highest BCUT2D eigenvalue weighted by Crippen LogP contribution is 2.12. The third-order valence-corrected chi connectivity index (χ3v) is 2.44. The van der Waals surface area contributed by atoms with Gasteiger partial charge in [0.15, 0.2) is 0 Å². The summed E-state index contributed by atoms with van der Waals surface area (Å²) in [6, 6.07) is 2.66. The van der Waals surface area contributed by atoms with Crippen LogP contribution in [0, 0.1) is 0 Å². The van der Waals surface area contributed by atoms with E-state index in [0.29, 0.717) is 6.04 Å². The largest absolute Gasteiger partial charge is 0.492 e. The van der Waals surface area contributed by atoms with Crippen LogP contribution in [-0.4, -0.2) is 24.2 Å². The molecule has 0 aromatic carbocycles. The number of rotatable bonds is 8. The summed E-state index contributed by atoms with van der Waals surface area (Å²) in [5.74, 6) is 0.890. The van der Waals surface area contributed by atoms with E-state index >= 15 is 0 Å². The highest BCUT2D eigenvalue weighted by molar-refractivity contribution is 5.23. The molecule has 0 spiro atoms. The average molecular weight is 236 g/mol. The zero-order valence-corrected chi connectivity index (χ0v) is 11.2. The summed E-state index contributed by atoms with van der Waals surface area (Å²) in [4.78, 5) is 4.21. The van der Waals surface area contributed by atoms with Crippen LogP contribution >= 0.6 is 0 Å². The van der Waals surface area contributed by atoms with Gasteiger partial charge in [0.25, 0.3) is 0 Å². The van der Waals surface area contributed by atoms with Gasteiger partial charge in [-0.2, -0.15) is 0 Å². The van der Waals surface area contributed by atoms with Crippen molar-refractivity contribution in [2.45, 2.75) is 46.1 Å². The predicted octanol–water partition coefficient (Wildman–Crippen LogP) is 2.80. The molecule has 0 bridgehead atoms. The number of ether oxygens (including phenoxy) is 1. The summed E-state index contributed by atoms with van der Waals surface area (Å²) in [6.07, 6.45) is 6.93. The first-order valence-electron chi connectivity index (χ1n) is 6.52. The smallest absolute Gasteiger partial charge is 0.137 e. The van der Waals surface area contributed by atoms with Crippen LogP contribution in [0.5, 0.6) is 5.75 Å². The Labute approximate surface area is 105 Å². The number of hydrogen-bond donors (Lipinski definition) is 1. The van der Waals surface area contributed by atoms with E-state index in [2.05, 4.69) is 37.1 Å². The van der Waals surface area contributed by atoms with Crippen molar-refractivity contribution in [3.8, 4) is 5.75 Å². The number of pyridine rings is 1. The van der Waals surface area contributed by atoms with Crippen LogP contribution in [0.25, 0.3) is 0 Å². The van der Waals surface area contributed by atoms with E-state index in [0.717, 1.165) is 38.2 Å². The molecule has 17 heavy (non-hydrogen) atoms. The Morgan fingerprint density at radius 2 is 2.18 bits per heavy atom. The van der Waals surface area contributed by atoms with Crippen LogP contribution in [0.3, 0.4) is 0 Å². The molecule has 1 aromatic heterocycles. The molecule has 0 unspecified atom stereocenters. The molecule has 1 rings (SSSR count). The topological polar surface area (TPSA) is 34.1 Å². The summed E-state index contributed by atoms with van der Waals surface area (Å²) in [5.41, 5.74) is 1.25. The van der Waals surface area contributed by atoms with Crippen molar-refractivity contribution < 1.29 is 4.74 Å². The van der Waals surface area contributed by atoms with Crippen LogP contribution in [0.15, 0.2) is 18.5 Å². The fourth-order valence-electron chi connectivity index (χ4n) is 1.58. The van der Waals surface area contributed by atoms with Crippen molar-refractivity contribution in [3.63, 3.8) is 0 Å². The lowest BCUT2D eigenvalue weighted by Gasteiger charge is -2.08. The van der Waals surface area contributed by atoms with E-state index in [4.69, 9.17) is 4.74 Å². The molecule has 1 N–H and O–H groups in total. The molecule has 96 valence electrons. The van der Waals surface area contributed by atoms with Crippen LogP contribution in [0.2, 0.25) is 0 Å². The minimum absolute atomic E-state index is 0.562. The summed E-state index contributed by atoms with van der Waals surface area (Å²) < 4.78 is 5.56. The van der Waals surface area contributed by atoms with Crippen LogP contribution in [-0.2, 0) is 6.42 Å². The first-order chi connectivity index (χ1) is 8.22. The Balaban J connectivity index is 2.32. The van der Waals surface area contributed by atoms with E-state index in [1.54, 1.807) is 6.20 Å². The van der Waals surface area contributed by atoms with Gasteiger partial charge in [-0.3, -0.25) is 4.98 Å². The van der Waals surface area contributed by atoms with Gasteiger partial charge in [-0.1, -0.05) is 20.8 Å². The molecule has 3 nitrogen and oxygen atoms in total. The molecule has 0 aliphatic heterocycles. The van der Waals surface area contributed by atoms with Crippen molar-refractivity contribution in [2.24, 2.45) is 0 Å². The van der Waals surface area contributed by atoms with Gasteiger partial charge in [-0.15, -0.1) is 0 Å². The maximum Gasteiger partial charge on any atom is 0.137 e. The van der Waals surface area contributed by atoms with Gasteiger partial charge < -0.3 is 10.1 Å². The Hall–Kier alpha value is -1.09. The van der Waals surface area contributed by atoms with Crippen LogP contribution in [0.4, 0.5) is 0 Å². The molecule has 0 amide bonds. The summed E-state index contributed by atoms with van der Waals surface area (Å²) in [5, 5.41) is 3.41. The number of aryl methyl sites for hydroxylation is 1. The van der Waals surface area contributed by atoms with Crippen molar-refractivity contribution in [1.29, 1.82) is 0 Å². The maximum atomic E-state index is 5.56. The van der Waals surface area contributed by atoms with E-state index in [-0.39, 0.29) is 0 Å². The highest BCUT2D eigenvalue weighted by Gasteiger charge is 1.98. The molecular weight excluding hydrogens is 212 g/mol. The highest BCUT2D eigenvalue weighted by atomic mass is 16.5. The Kier molecular flexibility index (Phi) is 6.63. The molecule has 0 radical (unpaired) electrons. The van der Waals surface area contributed by atoms with Crippen molar-refractivity contribution in [3.05, 3.63) is 24.0 Å². The summed E-state index contributed by atoms with van der Waals surface area (Å²) >= 11 is 0. The van der Waals surface area contributed by atoms with E-state index < -0.39 is 0 Å². The number of aromatic nitrogens is 1. The van der Waals surface area contributed by atoms with Crippen molar-refractivity contribution >= 4 is 0 Å². The first-order valence-corrected chi connectivity index (χ1v) is 6.52. The molecule has 0 saturated heterocycles. The molecule has 0 fully saturated rings. The molecular formula is C14H24N2O. The Morgan fingerprint density at radius 1 is 1.35 bits per heavy atom. The molecule has 3 heteroatoms. The summed E-state index contributed by atoms with van der Waals surface area (Å²) in [6.45, 7) is 8.26. The van der Waals surface area contributed by atoms with Crippen molar-refractivity contribution in [1.82, 2.24) is 10.3 Å². The SMILES string of the molecule is CCCOc1cncc(CCCNC(C)C)c1. The zero-order valence-electron chi connectivity index (χ0n) is 11.2. The molecule has 0 saturated carbocycles. The molecule has 0 aliphatic rings. The summed E-state index contributed by atoms with van der Waals surface area (Å²) in [7, 11) is 0. The normalized spacial score (nSPS) is 10.8. The quantitative estimate of drug-likeness (QED) is 0.705. The lowest BCUT2D eigenvalue weighted by atomic mass is 10.1. The lowest BCUT2D eigenvalue weighted by molar-refractivity contribution is 0.316. The average Bonchev–Trinajstić information content (AvgIpc) is 2.32. The fourth-order valence-corrected chi connectivity index (χ4v) is 1.58. The van der Waals surface area contributed by atoms with Gasteiger partial charge in [-0.05, 0) is 37.4 Å². The minimum atomic E-state index is 0.562. The molecule has 0 atom stereocenters. The van der Waals surface area contributed by atoms with E-state index in [9.17, 15) is 0 Å². The predicted molar refractivity (Wildman–Crippen MR) is 71.5 cm³/mol. The second kappa shape index (κ2) is 8.07.